The van der Waals surface area contributed by atoms with Crippen LogP contribution >= 0.6 is 15.9 Å². The van der Waals surface area contributed by atoms with Gasteiger partial charge in [-0.15, -0.1) is 0 Å². The second-order valence-corrected chi connectivity index (χ2v) is 8.06. The summed E-state index contributed by atoms with van der Waals surface area (Å²) in [6, 6.07) is 17.1. The number of benzene rings is 2. The molecule has 1 aromatic heterocycles. The Hall–Kier alpha value is -3.12. The molecular weight excluding hydrogens is 446 g/mol. The zero-order valence-corrected chi connectivity index (χ0v) is 18.1. The first-order chi connectivity index (χ1) is 14.4. The van der Waals surface area contributed by atoms with Crippen molar-refractivity contribution in [1.29, 1.82) is 0 Å². The second-order valence-electron chi connectivity index (χ2n) is 7.15. The molecule has 4 rings (SSSR count). The first-order valence-electron chi connectivity index (χ1n) is 9.63. The Labute approximate surface area is 182 Å². The molecule has 6 heteroatoms. The fourth-order valence-electron chi connectivity index (χ4n) is 3.65. The maximum atomic E-state index is 13.0. The first kappa shape index (κ1) is 20.2. The highest BCUT2D eigenvalue weighted by Crippen LogP contribution is 2.43. The van der Waals surface area contributed by atoms with Crippen LogP contribution < -0.4 is 4.90 Å². The van der Waals surface area contributed by atoms with Gasteiger partial charge in [0.15, 0.2) is 0 Å². The Morgan fingerprint density at radius 2 is 1.83 bits per heavy atom. The maximum absolute atomic E-state index is 13.0. The average molecular weight is 466 g/mol. The van der Waals surface area contributed by atoms with E-state index in [1.165, 1.54) is 4.90 Å². The zero-order valence-electron chi connectivity index (χ0n) is 16.6. The number of rotatable bonds is 4. The molecule has 1 unspecified atom stereocenters. The highest BCUT2D eigenvalue weighted by atomic mass is 79.9. The summed E-state index contributed by atoms with van der Waals surface area (Å²) in [6.45, 7) is 3.83. The Balaban J connectivity index is 1.91. The lowest BCUT2D eigenvalue weighted by Crippen LogP contribution is -2.29. The van der Waals surface area contributed by atoms with Gasteiger partial charge in [-0.3, -0.25) is 14.5 Å². The van der Waals surface area contributed by atoms with E-state index in [9.17, 15) is 14.7 Å². The van der Waals surface area contributed by atoms with E-state index < -0.39 is 17.7 Å². The summed E-state index contributed by atoms with van der Waals surface area (Å²) in [7, 11) is 0. The predicted molar refractivity (Wildman–Crippen MR) is 118 cm³/mol. The molecule has 2 aromatic carbocycles. The molecule has 30 heavy (non-hydrogen) atoms. The second kappa shape index (κ2) is 7.95. The molecule has 1 saturated heterocycles. The van der Waals surface area contributed by atoms with Gasteiger partial charge in [-0.2, -0.15) is 0 Å². The summed E-state index contributed by atoms with van der Waals surface area (Å²) < 4.78 is 6.57. The van der Waals surface area contributed by atoms with Crippen LogP contribution in [0.15, 0.2) is 75.1 Å². The van der Waals surface area contributed by atoms with Crippen LogP contribution in [0.4, 0.5) is 5.69 Å². The number of Topliss-reactive ketones (excluding diaryl/α,β-unsaturated/α-hetero) is 1. The number of aliphatic hydroxyl groups is 1. The molecular formula is C24H20BrNO4. The number of carbonyl (C=O) groups is 2. The Kier molecular flexibility index (Phi) is 5.35. The van der Waals surface area contributed by atoms with Gasteiger partial charge in [0.05, 0.1) is 5.57 Å². The third kappa shape index (κ3) is 3.48. The Morgan fingerprint density at radius 1 is 1.10 bits per heavy atom. The van der Waals surface area contributed by atoms with E-state index >= 15 is 0 Å². The highest BCUT2D eigenvalue weighted by Gasteiger charge is 2.48. The molecule has 0 radical (unpaired) electrons. The topological polar surface area (TPSA) is 70.8 Å². The van der Waals surface area contributed by atoms with Crippen molar-refractivity contribution in [2.24, 2.45) is 0 Å². The largest absolute Gasteiger partial charge is 0.507 e. The minimum Gasteiger partial charge on any atom is -0.507 e. The zero-order chi connectivity index (χ0) is 21.4. The van der Waals surface area contributed by atoms with Crippen molar-refractivity contribution in [2.75, 3.05) is 4.90 Å². The fourth-order valence-corrected chi connectivity index (χ4v) is 4.04. The number of aliphatic hydroxyl groups excluding tert-OH is 1. The normalized spacial score (nSPS) is 18.2. The smallest absolute Gasteiger partial charge is 0.300 e. The lowest BCUT2D eigenvalue weighted by atomic mass is 9.98. The van der Waals surface area contributed by atoms with Crippen molar-refractivity contribution in [3.05, 3.63) is 93.4 Å². The van der Waals surface area contributed by atoms with Crippen molar-refractivity contribution in [3.63, 3.8) is 0 Å². The molecule has 0 bridgehead atoms. The monoisotopic (exact) mass is 465 g/mol. The quantitative estimate of drug-likeness (QED) is 0.312. The van der Waals surface area contributed by atoms with Gasteiger partial charge in [-0.1, -0.05) is 53.2 Å². The number of ketones is 1. The van der Waals surface area contributed by atoms with Gasteiger partial charge < -0.3 is 9.52 Å². The SMILES string of the molecule is CCc1ccc(/C(O)=C2/C(=O)C(=O)N(c3cccc(Br)c3)C2c2ccc(C)o2)cc1. The van der Waals surface area contributed by atoms with Crippen molar-refractivity contribution in [1.82, 2.24) is 0 Å². The summed E-state index contributed by atoms with van der Waals surface area (Å²) >= 11 is 3.41. The molecule has 1 N–H and O–H groups in total. The number of nitrogens with zero attached hydrogens (tertiary/aromatic N) is 1. The van der Waals surface area contributed by atoms with E-state index in [1.807, 2.05) is 25.1 Å². The minimum atomic E-state index is -0.862. The molecule has 0 aliphatic carbocycles. The van der Waals surface area contributed by atoms with Gasteiger partial charge >= 0.3 is 0 Å². The fraction of sp³-hybridized carbons (Fsp3) is 0.167. The van der Waals surface area contributed by atoms with Crippen LogP contribution in [-0.4, -0.2) is 16.8 Å². The van der Waals surface area contributed by atoms with Crippen LogP contribution in [0.25, 0.3) is 5.76 Å². The number of anilines is 1. The van der Waals surface area contributed by atoms with E-state index in [0.29, 0.717) is 22.8 Å². The molecule has 0 saturated carbocycles. The number of halogens is 1. The number of hydrogen-bond acceptors (Lipinski definition) is 4. The average Bonchev–Trinajstić information content (AvgIpc) is 3.28. The van der Waals surface area contributed by atoms with E-state index in [4.69, 9.17) is 4.42 Å². The molecule has 1 fully saturated rings. The van der Waals surface area contributed by atoms with Crippen molar-refractivity contribution in [3.8, 4) is 0 Å². The summed E-state index contributed by atoms with van der Waals surface area (Å²) in [5, 5.41) is 11.1. The van der Waals surface area contributed by atoms with E-state index in [1.54, 1.807) is 49.4 Å². The summed E-state index contributed by atoms with van der Waals surface area (Å²) in [5.41, 5.74) is 2.14. The van der Waals surface area contributed by atoms with Gasteiger partial charge in [0, 0.05) is 15.7 Å². The van der Waals surface area contributed by atoms with Gasteiger partial charge in [-0.05, 0) is 49.2 Å². The van der Waals surface area contributed by atoms with E-state index in [0.717, 1.165) is 16.5 Å². The molecule has 2 heterocycles. The molecule has 1 aliphatic heterocycles. The third-order valence-electron chi connectivity index (χ3n) is 5.20. The molecule has 1 aliphatic rings. The van der Waals surface area contributed by atoms with Crippen molar-refractivity contribution < 1.29 is 19.1 Å². The maximum Gasteiger partial charge on any atom is 0.300 e. The Bertz CT molecular complexity index is 1160. The summed E-state index contributed by atoms with van der Waals surface area (Å²) in [4.78, 5) is 27.4. The first-order valence-corrected chi connectivity index (χ1v) is 10.4. The summed E-state index contributed by atoms with van der Waals surface area (Å²) in [5.74, 6) is -0.604. The van der Waals surface area contributed by atoms with Gasteiger partial charge in [0.2, 0.25) is 0 Å². The molecule has 5 nitrogen and oxygen atoms in total. The van der Waals surface area contributed by atoms with E-state index in [2.05, 4.69) is 15.9 Å². The molecule has 1 atom stereocenters. The number of hydrogen-bond donors (Lipinski definition) is 1. The van der Waals surface area contributed by atoms with Crippen LogP contribution in [0.2, 0.25) is 0 Å². The van der Waals surface area contributed by atoms with Crippen LogP contribution in [0.5, 0.6) is 0 Å². The predicted octanol–water partition coefficient (Wildman–Crippen LogP) is 5.54. The number of carbonyl (C=O) groups excluding carboxylic acids is 2. The molecule has 3 aromatic rings. The lowest BCUT2D eigenvalue weighted by Gasteiger charge is -2.23. The number of amides is 1. The van der Waals surface area contributed by atoms with Crippen LogP contribution in [-0.2, 0) is 16.0 Å². The van der Waals surface area contributed by atoms with Crippen molar-refractivity contribution >= 4 is 39.1 Å². The highest BCUT2D eigenvalue weighted by molar-refractivity contribution is 9.10. The lowest BCUT2D eigenvalue weighted by molar-refractivity contribution is -0.132. The number of aryl methyl sites for hydroxylation is 2. The Morgan fingerprint density at radius 3 is 2.43 bits per heavy atom. The van der Waals surface area contributed by atoms with Crippen LogP contribution in [0.1, 0.15) is 35.6 Å². The van der Waals surface area contributed by atoms with Gasteiger partial charge in [0.25, 0.3) is 11.7 Å². The summed E-state index contributed by atoms with van der Waals surface area (Å²) in [6.07, 6.45) is 0.861. The van der Waals surface area contributed by atoms with Crippen molar-refractivity contribution in [2.45, 2.75) is 26.3 Å². The molecule has 0 spiro atoms. The van der Waals surface area contributed by atoms with E-state index in [-0.39, 0.29) is 11.3 Å². The van der Waals surface area contributed by atoms with Gasteiger partial charge in [-0.25, -0.2) is 0 Å². The third-order valence-corrected chi connectivity index (χ3v) is 5.69. The van der Waals surface area contributed by atoms with Gasteiger partial charge in [0.1, 0.15) is 23.3 Å². The van der Waals surface area contributed by atoms with Crippen LogP contribution in [0.3, 0.4) is 0 Å². The minimum absolute atomic E-state index is 0.0126. The molecule has 152 valence electrons. The standard InChI is InChI=1S/C24H20BrNO4/c1-3-15-8-10-16(11-9-15)22(27)20-21(19-12-7-14(2)30-19)26(24(29)23(20)28)18-6-4-5-17(25)13-18/h4-13,21,27H,3H2,1-2H3/b22-20-. The molecule has 1 amide bonds. The van der Waals surface area contributed by atoms with Crippen LogP contribution in [0, 0.1) is 6.92 Å². The number of furan rings is 1.